The normalized spacial score (nSPS) is 13.5. The van der Waals surface area contributed by atoms with Gasteiger partial charge in [-0.3, -0.25) is 4.79 Å². The van der Waals surface area contributed by atoms with Crippen molar-refractivity contribution in [1.29, 1.82) is 0 Å². The Morgan fingerprint density at radius 3 is 2.65 bits per heavy atom. The van der Waals surface area contributed by atoms with Crippen molar-refractivity contribution in [2.45, 2.75) is 33.2 Å². The Kier molecular flexibility index (Phi) is 5.40. The van der Waals surface area contributed by atoms with E-state index in [1.807, 2.05) is 11.4 Å². The summed E-state index contributed by atoms with van der Waals surface area (Å²) < 4.78 is 1.10. The standard InChI is InChI=1S/C12H18INO2S/c1-12(2,3)9(4-5-15)14-11(16)8-6-10(13)17-7-8/h6-7,9,15H,4-5H2,1-3H3,(H,14,16). The highest BCUT2D eigenvalue weighted by atomic mass is 127. The van der Waals surface area contributed by atoms with Crippen molar-refractivity contribution in [2.24, 2.45) is 5.41 Å². The zero-order valence-corrected chi connectivity index (χ0v) is 13.3. The number of aliphatic hydroxyl groups is 1. The Balaban J connectivity index is 2.71. The molecule has 1 unspecified atom stereocenters. The van der Waals surface area contributed by atoms with Gasteiger partial charge in [0, 0.05) is 18.0 Å². The molecule has 5 heteroatoms. The van der Waals surface area contributed by atoms with Crippen LogP contribution >= 0.6 is 33.9 Å². The number of rotatable bonds is 4. The lowest BCUT2D eigenvalue weighted by atomic mass is 9.85. The lowest BCUT2D eigenvalue weighted by molar-refractivity contribution is 0.0885. The molecule has 2 N–H and O–H groups in total. The van der Waals surface area contributed by atoms with Gasteiger partial charge < -0.3 is 10.4 Å². The number of thiophene rings is 1. The van der Waals surface area contributed by atoms with Crippen LogP contribution in [0.4, 0.5) is 0 Å². The molecule has 0 aliphatic heterocycles. The molecule has 0 bridgehead atoms. The van der Waals surface area contributed by atoms with Crippen molar-refractivity contribution in [3.8, 4) is 0 Å². The number of nitrogens with one attached hydrogen (secondary N) is 1. The fourth-order valence-electron chi connectivity index (χ4n) is 1.52. The minimum absolute atomic E-state index is 0.0161. The van der Waals surface area contributed by atoms with Gasteiger partial charge in [-0.25, -0.2) is 0 Å². The van der Waals surface area contributed by atoms with Crippen LogP contribution < -0.4 is 5.32 Å². The van der Waals surface area contributed by atoms with E-state index in [0.29, 0.717) is 12.0 Å². The zero-order chi connectivity index (χ0) is 13.1. The first-order valence-electron chi connectivity index (χ1n) is 5.50. The van der Waals surface area contributed by atoms with Gasteiger partial charge in [0.25, 0.3) is 5.91 Å². The van der Waals surface area contributed by atoms with Crippen LogP contribution in [0, 0.1) is 8.30 Å². The molecule has 0 saturated heterocycles. The van der Waals surface area contributed by atoms with Crippen LogP contribution in [0.3, 0.4) is 0 Å². The number of hydrogen-bond donors (Lipinski definition) is 2. The first-order valence-corrected chi connectivity index (χ1v) is 7.46. The average molecular weight is 367 g/mol. The van der Waals surface area contributed by atoms with Crippen LogP contribution in [0.5, 0.6) is 0 Å². The van der Waals surface area contributed by atoms with E-state index in [-0.39, 0.29) is 24.0 Å². The van der Waals surface area contributed by atoms with E-state index >= 15 is 0 Å². The van der Waals surface area contributed by atoms with Gasteiger partial charge in [-0.05, 0) is 40.5 Å². The maximum Gasteiger partial charge on any atom is 0.252 e. The molecule has 1 aromatic rings. The minimum Gasteiger partial charge on any atom is -0.396 e. The number of halogens is 1. The summed E-state index contributed by atoms with van der Waals surface area (Å²) in [4.78, 5) is 12.0. The van der Waals surface area contributed by atoms with Crippen molar-refractivity contribution in [1.82, 2.24) is 5.32 Å². The molecule has 1 rings (SSSR count). The van der Waals surface area contributed by atoms with Crippen molar-refractivity contribution >= 4 is 39.8 Å². The fourth-order valence-corrected chi connectivity index (χ4v) is 2.85. The van der Waals surface area contributed by atoms with Crippen LogP contribution in [-0.2, 0) is 0 Å². The SMILES string of the molecule is CC(C)(C)C(CCO)NC(=O)c1csc(I)c1. The molecule has 0 fully saturated rings. The molecule has 0 aromatic carbocycles. The number of aliphatic hydroxyl groups excluding tert-OH is 1. The van der Waals surface area contributed by atoms with Crippen LogP contribution in [0.1, 0.15) is 37.6 Å². The molecule has 0 radical (unpaired) electrons. The van der Waals surface area contributed by atoms with Gasteiger partial charge in [0.05, 0.1) is 8.45 Å². The van der Waals surface area contributed by atoms with E-state index in [2.05, 4.69) is 48.7 Å². The quantitative estimate of drug-likeness (QED) is 0.805. The summed E-state index contributed by atoms with van der Waals surface area (Å²) in [6.45, 7) is 6.27. The van der Waals surface area contributed by atoms with Crippen LogP contribution in [-0.4, -0.2) is 23.7 Å². The Hall–Kier alpha value is -0.140. The second kappa shape index (κ2) is 6.15. The number of carbonyl (C=O) groups excluding carboxylic acids is 1. The molecule has 17 heavy (non-hydrogen) atoms. The Morgan fingerprint density at radius 2 is 2.24 bits per heavy atom. The smallest absolute Gasteiger partial charge is 0.252 e. The minimum atomic E-state index is -0.0578. The van der Waals surface area contributed by atoms with Crippen molar-refractivity contribution in [3.63, 3.8) is 0 Å². The number of amides is 1. The molecule has 0 aliphatic carbocycles. The summed E-state index contributed by atoms with van der Waals surface area (Å²) in [5.74, 6) is -0.0578. The molecular formula is C12H18INO2S. The van der Waals surface area contributed by atoms with Gasteiger partial charge in [0.1, 0.15) is 0 Å². The number of carbonyl (C=O) groups is 1. The maximum absolute atomic E-state index is 12.0. The summed E-state index contributed by atoms with van der Waals surface area (Å²) in [5.41, 5.74) is 0.647. The van der Waals surface area contributed by atoms with E-state index < -0.39 is 0 Å². The molecular weight excluding hydrogens is 349 g/mol. The highest BCUT2D eigenvalue weighted by Gasteiger charge is 2.26. The van der Waals surface area contributed by atoms with Gasteiger partial charge in [0.2, 0.25) is 0 Å². The lowest BCUT2D eigenvalue weighted by Crippen LogP contribution is -2.44. The third kappa shape index (κ3) is 4.56. The van der Waals surface area contributed by atoms with E-state index in [9.17, 15) is 4.79 Å². The first-order chi connectivity index (χ1) is 7.84. The van der Waals surface area contributed by atoms with Gasteiger partial charge in [-0.15, -0.1) is 11.3 Å². The topological polar surface area (TPSA) is 49.3 Å². The van der Waals surface area contributed by atoms with E-state index in [1.165, 1.54) is 0 Å². The fraction of sp³-hybridized carbons (Fsp3) is 0.583. The molecule has 0 spiro atoms. The molecule has 96 valence electrons. The third-order valence-electron chi connectivity index (χ3n) is 2.60. The Labute approximate surface area is 120 Å². The largest absolute Gasteiger partial charge is 0.396 e. The zero-order valence-electron chi connectivity index (χ0n) is 10.3. The molecule has 0 saturated carbocycles. The lowest BCUT2D eigenvalue weighted by Gasteiger charge is -2.31. The average Bonchev–Trinajstić information content (AvgIpc) is 2.62. The van der Waals surface area contributed by atoms with Crippen molar-refractivity contribution < 1.29 is 9.90 Å². The van der Waals surface area contributed by atoms with Gasteiger partial charge >= 0.3 is 0 Å². The molecule has 1 heterocycles. The van der Waals surface area contributed by atoms with Crippen molar-refractivity contribution in [2.75, 3.05) is 6.61 Å². The van der Waals surface area contributed by atoms with Crippen LogP contribution in [0.2, 0.25) is 0 Å². The summed E-state index contributed by atoms with van der Waals surface area (Å²) in [6, 6.07) is 1.86. The predicted molar refractivity (Wildman–Crippen MR) is 79.4 cm³/mol. The molecule has 0 aliphatic rings. The summed E-state index contributed by atoms with van der Waals surface area (Å²) >= 11 is 3.76. The van der Waals surface area contributed by atoms with Crippen molar-refractivity contribution in [3.05, 3.63) is 19.9 Å². The van der Waals surface area contributed by atoms with Crippen LogP contribution in [0.25, 0.3) is 0 Å². The van der Waals surface area contributed by atoms with Gasteiger partial charge in [0.15, 0.2) is 0 Å². The first kappa shape index (κ1) is 14.9. The van der Waals surface area contributed by atoms with E-state index in [1.54, 1.807) is 11.3 Å². The van der Waals surface area contributed by atoms with Gasteiger partial charge in [-0.1, -0.05) is 20.8 Å². The predicted octanol–water partition coefficient (Wildman–Crippen LogP) is 2.88. The third-order valence-corrected chi connectivity index (χ3v) is 4.39. The summed E-state index contributed by atoms with van der Waals surface area (Å²) in [5, 5.41) is 13.9. The summed E-state index contributed by atoms with van der Waals surface area (Å²) in [7, 11) is 0. The molecule has 3 nitrogen and oxygen atoms in total. The second-order valence-electron chi connectivity index (χ2n) is 5.04. The maximum atomic E-state index is 12.0. The monoisotopic (exact) mass is 367 g/mol. The Bertz CT molecular complexity index is 384. The molecule has 1 amide bonds. The highest BCUT2D eigenvalue weighted by molar-refractivity contribution is 14.1. The van der Waals surface area contributed by atoms with E-state index in [4.69, 9.17) is 5.11 Å². The van der Waals surface area contributed by atoms with Crippen LogP contribution in [0.15, 0.2) is 11.4 Å². The second-order valence-corrected chi connectivity index (χ2v) is 7.85. The highest BCUT2D eigenvalue weighted by Crippen LogP contribution is 2.23. The molecule has 1 atom stereocenters. The molecule has 1 aromatic heterocycles. The Morgan fingerprint density at radius 1 is 1.59 bits per heavy atom. The van der Waals surface area contributed by atoms with Gasteiger partial charge in [-0.2, -0.15) is 0 Å². The van der Waals surface area contributed by atoms with E-state index in [0.717, 1.165) is 2.88 Å². The summed E-state index contributed by atoms with van der Waals surface area (Å²) in [6.07, 6.45) is 0.580. The number of hydrogen-bond acceptors (Lipinski definition) is 3.